The van der Waals surface area contributed by atoms with Crippen molar-refractivity contribution in [2.45, 2.75) is 5.03 Å². The van der Waals surface area contributed by atoms with E-state index in [2.05, 4.69) is 9.97 Å². The maximum atomic E-state index is 5.65. The molecule has 0 radical (unpaired) electrons. The van der Waals surface area contributed by atoms with Crippen LogP contribution in [0.25, 0.3) is 0 Å². The van der Waals surface area contributed by atoms with Gasteiger partial charge in [0.2, 0.25) is 0 Å². The fourth-order valence-corrected chi connectivity index (χ4v) is 1.39. The third-order valence-corrected chi connectivity index (χ3v) is 2.11. The van der Waals surface area contributed by atoms with E-state index in [9.17, 15) is 0 Å². The molecule has 1 aromatic heterocycles. The fourth-order valence-electron chi connectivity index (χ4n) is 0.473. The van der Waals surface area contributed by atoms with Crippen molar-refractivity contribution in [1.29, 1.82) is 0 Å². The number of halogens is 2. The molecule has 0 amide bonds. The second-order valence-corrected chi connectivity index (χ2v) is 3.03. The molecule has 10 heavy (non-hydrogen) atoms. The van der Waals surface area contributed by atoms with Crippen molar-refractivity contribution in [3.63, 3.8) is 0 Å². The number of rotatable bonds is 1. The minimum absolute atomic E-state index is 0.322. The Kier molecular flexibility index (Phi) is 2.77. The molecule has 0 N–H and O–H groups in total. The molecular formula is C5H4Cl2N2S. The Labute approximate surface area is 73.0 Å². The molecule has 1 heterocycles. The van der Waals surface area contributed by atoms with Gasteiger partial charge in [-0.3, -0.25) is 0 Å². The summed E-state index contributed by atoms with van der Waals surface area (Å²) in [5.74, 6) is 0. The summed E-state index contributed by atoms with van der Waals surface area (Å²) in [5.41, 5.74) is 0. The first-order valence-corrected chi connectivity index (χ1v) is 4.44. The van der Waals surface area contributed by atoms with Crippen LogP contribution >= 0.6 is 35.0 Å². The lowest BCUT2D eigenvalue weighted by atomic mass is 10.8. The van der Waals surface area contributed by atoms with Crippen LogP contribution in [-0.2, 0) is 0 Å². The van der Waals surface area contributed by atoms with Crippen LogP contribution in [0.15, 0.2) is 11.2 Å². The van der Waals surface area contributed by atoms with Gasteiger partial charge in [0.1, 0.15) is 10.2 Å². The highest BCUT2D eigenvalue weighted by atomic mass is 35.5. The number of hydrogen-bond acceptors (Lipinski definition) is 3. The van der Waals surface area contributed by atoms with Gasteiger partial charge in [0.05, 0.1) is 6.20 Å². The number of hydrogen-bond donors (Lipinski definition) is 0. The molecule has 0 saturated heterocycles. The van der Waals surface area contributed by atoms with Gasteiger partial charge < -0.3 is 0 Å². The standard InChI is InChI=1S/C5H4Cl2N2S/c1-10-5-4(7)9-3(6)2-8-5/h2H,1H3. The van der Waals surface area contributed by atoms with Crippen LogP contribution < -0.4 is 0 Å². The molecule has 0 aliphatic heterocycles. The molecule has 0 aliphatic carbocycles. The minimum atomic E-state index is 0.322. The van der Waals surface area contributed by atoms with Crippen LogP contribution in [0.3, 0.4) is 0 Å². The smallest absolute Gasteiger partial charge is 0.162 e. The molecule has 0 bridgehead atoms. The quantitative estimate of drug-likeness (QED) is 0.644. The maximum Gasteiger partial charge on any atom is 0.162 e. The highest BCUT2D eigenvalue weighted by Crippen LogP contribution is 2.21. The molecule has 1 aromatic rings. The van der Waals surface area contributed by atoms with E-state index >= 15 is 0 Å². The van der Waals surface area contributed by atoms with Crippen LogP contribution in [0, 0.1) is 0 Å². The van der Waals surface area contributed by atoms with Crippen LogP contribution in [-0.4, -0.2) is 16.2 Å². The summed E-state index contributed by atoms with van der Waals surface area (Å²) in [6, 6.07) is 0. The third-order valence-electron chi connectivity index (χ3n) is 0.863. The Hall–Kier alpha value is 0.01000. The summed E-state index contributed by atoms with van der Waals surface area (Å²) in [7, 11) is 0. The predicted molar refractivity (Wildman–Crippen MR) is 43.8 cm³/mol. The molecule has 0 saturated carbocycles. The van der Waals surface area contributed by atoms with Crippen molar-refractivity contribution in [3.05, 3.63) is 16.5 Å². The molecule has 0 aromatic carbocycles. The summed E-state index contributed by atoms with van der Waals surface area (Å²) in [4.78, 5) is 7.72. The first kappa shape index (κ1) is 8.11. The minimum Gasteiger partial charge on any atom is -0.243 e. The van der Waals surface area contributed by atoms with Gasteiger partial charge in [0.25, 0.3) is 0 Å². The fraction of sp³-hybridized carbons (Fsp3) is 0.200. The highest BCUT2D eigenvalue weighted by Gasteiger charge is 2.00. The van der Waals surface area contributed by atoms with Gasteiger partial charge in [-0.1, -0.05) is 23.2 Å². The lowest BCUT2D eigenvalue weighted by molar-refractivity contribution is 1.06. The maximum absolute atomic E-state index is 5.65. The van der Waals surface area contributed by atoms with Gasteiger partial charge in [-0.15, -0.1) is 11.8 Å². The summed E-state index contributed by atoms with van der Waals surface area (Å²) < 4.78 is 0. The molecule has 54 valence electrons. The molecule has 1 rings (SSSR count). The molecule has 0 fully saturated rings. The van der Waals surface area contributed by atoms with Gasteiger partial charge in [0, 0.05) is 0 Å². The van der Waals surface area contributed by atoms with Crippen molar-refractivity contribution >= 4 is 35.0 Å². The summed E-state index contributed by atoms with van der Waals surface area (Å²) in [5, 5.41) is 1.38. The Morgan fingerprint density at radius 1 is 1.50 bits per heavy atom. The molecule has 2 nitrogen and oxygen atoms in total. The first-order chi connectivity index (χ1) is 4.74. The third kappa shape index (κ3) is 1.75. The van der Waals surface area contributed by atoms with E-state index in [1.165, 1.54) is 18.0 Å². The highest BCUT2D eigenvalue weighted by molar-refractivity contribution is 7.98. The largest absolute Gasteiger partial charge is 0.243 e. The first-order valence-electron chi connectivity index (χ1n) is 2.46. The Balaban J connectivity index is 3.07. The van der Waals surface area contributed by atoms with Gasteiger partial charge in [0.15, 0.2) is 5.15 Å². The zero-order valence-electron chi connectivity index (χ0n) is 5.14. The van der Waals surface area contributed by atoms with Gasteiger partial charge in [-0.05, 0) is 6.26 Å². The summed E-state index contributed by atoms with van der Waals surface area (Å²) in [6.07, 6.45) is 3.35. The van der Waals surface area contributed by atoms with E-state index < -0.39 is 0 Å². The predicted octanol–water partition coefficient (Wildman–Crippen LogP) is 2.51. The van der Waals surface area contributed by atoms with E-state index in [1.54, 1.807) is 0 Å². The Morgan fingerprint density at radius 2 is 2.20 bits per heavy atom. The van der Waals surface area contributed by atoms with Gasteiger partial charge in [-0.2, -0.15) is 0 Å². The van der Waals surface area contributed by atoms with E-state index in [0.717, 1.165) is 0 Å². The average molecular weight is 195 g/mol. The van der Waals surface area contributed by atoms with Crippen LogP contribution in [0.5, 0.6) is 0 Å². The van der Waals surface area contributed by atoms with Crippen LogP contribution in [0.2, 0.25) is 10.3 Å². The zero-order chi connectivity index (χ0) is 7.56. The molecular weight excluding hydrogens is 191 g/mol. The lowest BCUT2D eigenvalue weighted by Crippen LogP contribution is -1.84. The van der Waals surface area contributed by atoms with Crippen molar-refractivity contribution in [2.24, 2.45) is 0 Å². The second-order valence-electron chi connectivity index (χ2n) is 1.49. The number of thioether (sulfide) groups is 1. The molecule has 0 spiro atoms. The normalized spacial score (nSPS) is 9.90. The Bertz CT molecular complexity index is 241. The van der Waals surface area contributed by atoms with Crippen molar-refractivity contribution in [2.75, 3.05) is 6.26 Å². The van der Waals surface area contributed by atoms with Crippen LogP contribution in [0.4, 0.5) is 0 Å². The van der Waals surface area contributed by atoms with Gasteiger partial charge in [-0.25, -0.2) is 9.97 Å². The monoisotopic (exact) mass is 194 g/mol. The Morgan fingerprint density at radius 3 is 2.70 bits per heavy atom. The van der Waals surface area contributed by atoms with E-state index in [-0.39, 0.29) is 0 Å². The lowest BCUT2D eigenvalue weighted by Gasteiger charge is -1.96. The molecule has 5 heteroatoms. The zero-order valence-corrected chi connectivity index (χ0v) is 7.46. The summed E-state index contributed by atoms with van der Waals surface area (Å²) in [6.45, 7) is 0. The molecule has 0 aliphatic rings. The molecule has 0 unspecified atom stereocenters. The molecule has 0 atom stereocenters. The average Bonchev–Trinajstić information content (AvgIpc) is 1.88. The van der Waals surface area contributed by atoms with E-state index in [1.807, 2.05) is 6.26 Å². The number of aromatic nitrogens is 2. The van der Waals surface area contributed by atoms with Crippen molar-refractivity contribution in [1.82, 2.24) is 9.97 Å². The topological polar surface area (TPSA) is 25.8 Å². The summed E-state index contributed by atoms with van der Waals surface area (Å²) >= 11 is 12.6. The number of nitrogens with zero attached hydrogens (tertiary/aromatic N) is 2. The van der Waals surface area contributed by atoms with Crippen molar-refractivity contribution in [3.8, 4) is 0 Å². The SMILES string of the molecule is CSc1ncc(Cl)nc1Cl. The van der Waals surface area contributed by atoms with Crippen molar-refractivity contribution < 1.29 is 0 Å². The van der Waals surface area contributed by atoms with Crippen LogP contribution in [0.1, 0.15) is 0 Å². The van der Waals surface area contributed by atoms with Gasteiger partial charge >= 0.3 is 0 Å². The van der Waals surface area contributed by atoms with E-state index in [4.69, 9.17) is 23.2 Å². The van der Waals surface area contributed by atoms with E-state index in [0.29, 0.717) is 15.3 Å². The second kappa shape index (κ2) is 3.42.